The van der Waals surface area contributed by atoms with Gasteiger partial charge in [0.1, 0.15) is 5.78 Å². The maximum atomic E-state index is 12.7. The van der Waals surface area contributed by atoms with Crippen molar-refractivity contribution in [3.63, 3.8) is 0 Å². The van der Waals surface area contributed by atoms with E-state index in [1.807, 2.05) is 44.2 Å². The standard InChI is InChI=1S/C33H37N3O.C5H12/c1-6-33(37)28(22-35-23(2)3)20-25(5)29-17-18-32(30-15-8-7-14-27(30)21-34)36-31(29)16-10-13-26-12-9-11-24(4)19-26;1-5(2,3)4/h7-9,11-12,14-15,17-19,28,35H,2,5-6,10,13,16,20,22H2,1,3-4H3;1-4H3. The number of carbonyl (C=O) groups excluding carboxylic acids is 1. The Bertz CT molecular complexity index is 1400. The molecule has 0 amide bonds. The van der Waals surface area contributed by atoms with Gasteiger partial charge < -0.3 is 5.32 Å². The van der Waals surface area contributed by atoms with E-state index in [0.29, 0.717) is 30.4 Å². The van der Waals surface area contributed by atoms with Crippen molar-refractivity contribution in [3.8, 4) is 17.3 Å². The molecule has 0 aliphatic heterocycles. The van der Waals surface area contributed by atoms with E-state index in [9.17, 15) is 10.1 Å². The van der Waals surface area contributed by atoms with Crippen molar-refractivity contribution in [2.45, 2.75) is 80.6 Å². The van der Waals surface area contributed by atoms with Gasteiger partial charge in [0.05, 0.1) is 17.3 Å². The van der Waals surface area contributed by atoms with Gasteiger partial charge in [-0.15, -0.1) is 0 Å². The van der Waals surface area contributed by atoms with Crippen molar-refractivity contribution >= 4 is 11.4 Å². The number of rotatable bonds is 13. The van der Waals surface area contributed by atoms with Crippen LogP contribution >= 0.6 is 0 Å². The largest absolute Gasteiger partial charge is 0.388 e. The van der Waals surface area contributed by atoms with E-state index in [2.05, 4.69) is 89.5 Å². The van der Waals surface area contributed by atoms with Gasteiger partial charge in [-0.2, -0.15) is 5.26 Å². The molecule has 1 aromatic heterocycles. The quantitative estimate of drug-likeness (QED) is 0.225. The molecule has 1 atom stereocenters. The lowest BCUT2D eigenvalue weighted by molar-refractivity contribution is -0.122. The molecular formula is C38H49N3O. The summed E-state index contributed by atoms with van der Waals surface area (Å²) in [5, 5.41) is 12.8. The second kappa shape index (κ2) is 16.5. The van der Waals surface area contributed by atoms with Gasteiger partial charge in [-0.3, -0.25) is 9.78 Å². The predicted molar refractivity (Wildman–Crippen MR) is 178 cm³/mol. The van der Waals surface area contributed by atoms with E-state index < -0.39 is 0 Å². The lowest BCUT2D eigenvalue weighted by Gasteiger charge is -2.20. The molecule has 3 rings (SSSR count). The van der Waals surface area contributed by atoms with Crippen molar-refractivity contribution in [1.82, 2.24) is 10.3 Å². The number of benzene rings is 2. The van der Waals surface area contributed by atoms with Crippen LogP contribution in [-0.2, 0) is 17.6 Å². The van der Waals surface area contributed by atoms with Gasteiger partial charge in [-0.1, -0.05) is 102 Å². The van der Waals surface area contributed by atoms with Crippen LogP contribution in [0.15, 0.2) is 79.5 Å². The summed E-state index contributed by atoms with van der Waals surface area (Å²) in [5.41, 5.74) is 8.99. The summed E-state index contributed by atoms with van der Waals surface area (Å²) in [5.74, 6) is 0.0387. The van der Waals surface area contributed by atoms with Crippen molar-refractivity contribution in [3.05, 3.63) is 107 Å². The fourth-order valence-electron chi connectivity index (χ4n) is 4.59. The lowest BCUT2D eigenvalue weighted by atomic mass is 9.89. The highest BCUT2D eigenvalue weighted by Crippen LogP contribution is 2.29. The first kappa shape index (κ1) is 34.2. The minimum Gasteiger partial charge on any atom is -0.388 e. The Kier molecular flexibility index (Phi) is 13.4. The highest BCUT2D eigenvalue weighted by molar-refractivity contribution is 5.83. The molecule has 0 aliphatic rings. The highest BCUT2D eigenvalue weighted by Gasteiger charge is 2.20. The molecule has 4 nitrogen and oxygen atoms in total. The Morgan fingerprint density at radius 3 is 2.33 bits per heavy atom. The molecule has 1 unspecified atom stereocenters. The van der Waals surface area contributed by atoms with E-state index in [-0.39, 0.29) is 11.7 Å². The molecule has 0 bridgehead atoms. The summed E-state index contributed by atoms with van der Waals surface area (Å²) in [6, 6.07) is 22.4. The van der Waals surface area contributed by atoms with Crippen LogP contribution in [0.1, 0.15) is 88.8 Å². The van der Waals surface area contributed by atoms with Gasteiger partial charge >= 0.3 is 0 Å². The number of hydrogen-bond acceptors (Lipinski definition) is 4. The number of ketones is 1. The lowest BCUT2D eigenvalue weighted by Crippen LogP contribution is -2.27. The van der Waals surface area contributed by atoms with E-state index in [0.717, 1.165) is 53.0 Å². The maximum absolute atomic E-state index is 12.7. The van der Waals surface area contributed by atoms with Gasteiger partial charge in [0.15, 0.2) is 0 Å². The third kappa shape index (κ3) is 11.9. The smallest absolute Gasteiger partial charge is 0.137 e. The molecule has 222 valence electrons. The van der Waals surface area contributed by atoms with Crippen LogP contribution in [-0.4, -0.2) is 17.3 Å². The van der Waals surface area contributed by atoms with Gasteiger partial charge in [-0.05, 0) is 73.8 Å². The molecule has 0 spiro atoms. The third-order valence-corrected chi connectivity index (χ3v) is 6.59. The van der Waals surface area contributed by atoms with Crippen LogP contribution in [0.25, 0.3) is 16.8 Å². The van der Waals surface area contributed by atoms with Crippen molar-refractivity contribution in [1.29, 1.82) is 5.26 Å². The van der Waals surface area contributed by atoms with E-state index >= 15 is 0 Å². The summed E-state index contributed by atoms with van der Waals surface area (Å²) in [6.07, 6.45) is 3.72. The van der Waals surface area contributed by atoms with E-state index in [4.69, 9.17) is 4.98 Å². The number of aromatic nitrogens is 1. The molecule has 0 fully saturated rings. The van der Waals surface area contributed by atoms with Gasteiger partial charge in [0, 0.05) is 35.8 Å². The molecule has 3 aromatic rings. The van der Waals surface area contributed by atoms with Crippen molar-refractivity contribution in [2.24, 2.45) is 11.3 Å². The van der Waals surface area contributed by atoms with E-state index in [1.165, 1.54) is 11.1 Å². The number of nitriles is 1. The summed E-state index contributed by atoms with van der Waals surface area (Å²) in [7, 11) is 0. The summed E-state index contributed by atoms with van der Waals surface area (Å²) in [6.45, 7) is 23.5. The average Bonchev–Trinajstić information content (AvgIpc) is 2.93. The number of allylic oxidation sites excluding steroid dienone is 2. The third-order valence-electron chi connectivity index (χ3n) is 6.59. The number of nitrogens with one attached hydrogen (secondary N) is 1. The monoisotopic (exact) mass is 563 g/mol. The zero-order chi connectivity index (χ0) is 31.3. The fraction of sp³-hybridized carbons (Fsp3) is 0.395. The van der Waals surface area contributed by atoms with Crippen LogP contribution in [0.3, 0.4) is 0 Å². The molecule has 1 N–H and O–H groups in total. The van der Waals surface area contributed by atoms with Gasteiger partial charge in [0.25, 0.3) is 0 Å². The maximum Gasteiger partial charge on any atom is 0.137 e. The minimum atomic E-state index is -0.173. The normalized spacial score (nSPS) is 11.5. The van der Waals surface area contributed by atoms with Crippen LogP contribution in [0.2, 0.25) is 0 Å². The predicted octanol–water partition coefficient (Wildman–Crippen LogP) is 9.28. The molecular weight excluding hydrogens is 514 g/mol. The number of nitrogens with zero attached hydrogens (tertiary/aromatic N) is 2. The Labute approximate surface area is 254 Å². The molecule has 1 heterocycles. The average molecular weight is 564 g/mol. The van der Waals surface area contributed by atoms with E-state index in [1.54, 1.807) is 0 Å². The van der Waals surface area contributed by atoms with Gasteiger partial charge in [0.2, 0.25) is 0 Å². The summed E-state index contributed by atoms with van der Waals surface area (Å²) < 4.78 is 0. The Balaban J connectivity index is 0.00000113. The second-order valence-corrected chi connectivity index (χ2v) is 12.7. The number of aryl methyl sites for hydroxylation is 3. The first-order chi connectivity index (χ1) is 19.8. The van der Waals surface area contributed by atoms with Crippen LogP contribution < -0.4 is 5.32 Å². The fourth-order valence-corrected chi connectivity index (χ4v) is 4.59. The minimum absolute atomic E-state index is 0.173. The number of Topliss-reactive ketones (excluding diaryl/α,β-unsaturated/α-hetero) is 1. The molecule has 0 radical (unpaired) electrons. The topological polar surface area (TPSA) is 65.8 Å². The molecule has 2 aromatic carbocycles. The zero-order valence-electron chi connectivity index (χ0n) is 26.8. The molecule has 0 aliphatic carbocycles. The van der Waals surface area contributed by atoms with Gasteiger partial charge in [-0.25, -0.2) is 0 Å². The molecule has 4 heteroatoms. The Morgan fingerprint density at radius 2 is 1.71 bits per heavy atom. The van der Waals surface area contributed by atoms with Crippen LogP contribution in [0, 0.1) is 29.6 Å². The molecule has 42 heavy (non-hydrogen) atoms. The zero-order valence-corrected chi connectivity index (χ0v) is 26.8. The first-order valence-corrected chi connectivity index (χ1v) is 15.0. The number of pyridine rings is 1. The van der Waals surface area contributed by atoms with Crippen LogP contribution in [0.5, 0.6) is 0 Å². The van der Waals surface area contributed by atoms with Crippen LogP contribution in [0.4, 0.5) is 0 Å². The summed E-state index contributed by atoms with van der Waals surface area (Å²) in [4.78, 5) is 17.7. The number of hydrogen-bond donors (Lipinski definition) is 1. The van der Waals surface area contributed by atoms with Crippen molar-refractivity contribution in [2.75, 3.05) is 6.54 Å². The second-order valence-electron chi connectivity index (χ2n) is 12.7. The Morgan fingerprint density at radius 1 is 1.02 bits per heavy atom. The highest BCUT2D eigenvalue weighted by atomic mass is 16.1. The first-order valence-electron chi connectivity index (χ1n) is 15.0. The Hall–Kier alpha value is -3.97. The SMILES string of the molecule is C=C(C)NCC(CC(=C)c1ccc(-c2ccccc2C#N)nc1CCCc1cccc(C)c1)C(=O)CC.CC(C)(C)C. The molecule has 0 saturated carbocycles. The van der Waals surface area contributed by atoms with Crippen molar-refractivity contribution < 1.29 is 4.79 Å². The summed E-state index contributed by atoms with van der Waals surface area (Å²) >= 11 is 0. The number of carbonyl (C=O) groups is 1. The molecule has 0 saturated heterocycles.